The second-order valence-corrected chi connectivity index (χ2v) is 12.1. The molecule has 0 spiro atoms. The third-order valence-electron chi connectivity index (χ3n) is 10.4. The second-order valence-electron chi connectivity index (χ2n) is 12.1. The Bertz CT molecular complexity index is 1080. The average Bonchev–Trinajstić information content (AvgIpc) is 2.87. The molecule has 6 fully saturated rings. The molecule has 3 aliphatic heterocycles. The van der Waals surface area contributed by atoms with Crippen molar-refractivity contribution >= 4 is 10.9 Å². The molecule has 4 bridgehead atoms. The number of aromatic nitrogens is 1. The maximum atomic E-state index is 7.29. The topological polar surface area (TPSA) is 34.6 Å². The fraction of sp³-hybridized carbons (Fsp3) is 0.633. The first kappa shape index (κ1) is 22.5. The Morgan fingerprint density at radius 3 is 2.74 bits per heavy atom. The maximum Gasteiger partial charge on any atom is 0.119 e. The van der Waals surface area contributed by atoms with E-state index in [4.69, 9.17) is 9.47 Å². The number of pyridine rings is 1. The Kier molecular flexibility index (Phi) is 5.53. The first-order valence-electron chi connectivity index (χ1n) is 13.4. The van der Waals surface area contributed by atoms with E-state index in [0.29, 0.717) is 29.4 Å². The van der Waals surface area contributed by atoms with E-state index in [1.165, 1.54) is 43.2 Å². The van der Waals surface area contributed by atoms with Crippen molar-refractivity contribution in [1.29, 1.82) is 0 Å². The van der Waals surface area contributed by atoms with Gasteiger partial charge in [0.15, 0.2) is 0 Å². The number of nitrogens with zero attached hydrogens (tertiary/aromatic N) is 2. The summed E-state index contributed by atoms with van der Waals surface area (Å²) in [7, 11) is 1.74. The normalized spacial score (nSPS) is 38.8. The Morgan fingerprint density at radius 1 is 1.21 bits per heavy atom. The van der Waals surface area contributed by atoms with Crippen LogP contribution in [-0.2, 0) is 4.74 Å². The predicted octanol–water partition coefficient (Wildman–Crippen LogP) is 6.27. The van der Waals surface area contributed by atoms with Gasteiger partial charge in [0.2, 0.25) is 0 Å². The van der Waals surface area contributed by atoms with Crippen molar-refractivity contribution in [2.24, 2.45) is 35.0 Å². The van der Waals surface area contributed by atoms with Gasteiger partial charge < -0.3 is 9.47 Å². The van der Waals surface area contributed by atoms with Crippen LogP contribution in [0.15, 0.2) is 43.1 Å². The van der Waals surface area contributed by atoms with E-state index >= 15 is 0 Å². The molecular weight excluding hydrogens is 420 g/mol. The van der Waals surface area contributed by atoms with Crippen molar-refractivity contribution in [3.8, 4) is 5.75 Å². The summed E-state index contributed by atoms with van der Waals surface area (Å²) in [5.41, 5.74) is 2.77. The molecule has 3 aliphatic carbocycles. The van der Waals surface area contributed by atoms with Crippen molar-refractivity contribution in [3.63, 3.8) is 0 Å². The number of rotatable bonds is 6. The lowest BCUT2D eigenvalue weighted by Gasteiger charge is -2.62. The Labute approximate surface area is 204 Å². The molecule has 1 aromatic carbocycles. The average molecular weight is 461 g/mol. The maximum absolute atomic E-state index is 7.29. The zero-order valence-corrected chi connectivity index (χ0v) is 21.2. The SMILES string of the molecule is C=C[C@H]1CN2CC[C@H]1C[C@@H]2[C@@H](O[C@@H]1C[C@@H]2C[C@H]([C@H]1C)C2(C)C)c1ccnc2ccc(OC)cc12. The molecule has 9 atom stereocenters. The van der Waals surface area contributed by atoms with Gasteiger partial charge in [-0.1, -0.05) is 26.8 Å². The first-order valence-corrected chi connectivity index (χ1v) is 13.4. The van der Waals surface area contributed by atoms with Crippen molar-refractivity contribution < 1.29 is 9.47 Å². The summed E-state index contributed by atoms with van der Waals surface area (Å²) in [6, 6.07) is 8.86. The fourth-order valence-corrected chi connectivity index (χ4v) is 8.06. The van der Waals surface area contributed by atoms with Crippen LogP contribution in [0.4, 0.5) is 0 Å². The van der Waals surface area contributed by atoms with E-state index in [0.717, 1.165) is 35.6 Å². The van der Waals surface area contributed by atoms with E-state index in [-0.39, 0.29) is 6.10 Å². The fourth-order valence-electron chi connectivity index (χ4n) is 8.06. The highest BCUT2D eigenvalue weighted by Gasteiger charge is 2.57. The van der Waals surface area contributed by atoms with Crippen molar-refractivity contribution in [3.05, 3.63) is 48.7 Å². The molecule has 4 nitrogen and oxygen atoms in total. The summed E-state index contributed by atoms with van der Waals surface area (Å²) < 4.78 is 12.9. The van der Waals surface area contributed by atoms with E-state index in [2.05, 4.69) is 61.5 Å². The van der Waals surface area contributed by atoms with Crippen LogP contribution in [0.1, 0.15) is 58.1 Å². The van der Waals surface area contributed by atoms with Crippen LogP contribution >= 0.6 is 0 Å². The highest BCUT2D eigenvalue weighted by atomic mass is 16.5. The molecular formula is C30H40N2O2. The molecule has 6 aliphatic rings. The van der Waals surface area contributed by atoms with Gasteiger partial charge in [-0.15, -0.1) is 6.58 Å². The summed E-state index contributed by atoms with van der Waals surface area (Å²) in [4.78, 5) is 7.38. The number of hydrogen-bond donors (Lipinski definition) is 0. The van der Waals surface area contributed by atoms with E-state index in [1.807, 2.05) is 12.3 Å². The van der Waals surface area contributed by atoms with E-state index in [9.17, 15) is 0 Å². The second kappa shape index (κ2) is 8.34. The van der Waals surface area contributed by atoms with Gasteiger partial charge in [-0.25, -0.2) is 0 Å². The van der Waals surface area contributed by atoms with Crippen LogP contribution in [0.2, 0.25) is 0 Å². The van der Waals surface area contributed by atoms with Gasteiger partial charge in [0, 0.05) is 24.2 Å². The van der Waals surface area contributed by atoms with E-state index in [1.54, 1.807) is 7.11 Å². The summed E-state index contributed by atoms with van der Waals surface area (Å²) in [6.45, 7) is 13.8. The summed E-state index contributed by atoms with van der Waals surface area (Å²) >= 11 is 0. The van der Waals surface area contributed by atoms with Crippen LogP contribution in [0, 0.1) is 35.0 Å². The number of fused-ring (bicyclic) bond motifs is 6. The lowest BCUT2D eigenvalue weighted by molar-refractivity contribution is -0.201. The third kappa shape index (κ3) is 3.44. The Balaban J connectivity index is 1.38. The van der Waals surface area contributed by atoms with Crippen LogP contribution in [-0.4, -0.2) is 42.2 Å². The molecule has 0 amide bonds. The number of methoxy groups -OCH3 is 1. The highest BCUT2D eigenvalue weighted by molar-refractivity contribution is 5.84. The number of hydrogen-bond acceptors (Lipinski definition) is 4. The molecule has 3 saturated carbocycles. The molecule has 0 radical (unpaired) electrons. The minimum Gasteiger partial charge on any atom is -0.497 e. The lowest BCUT2D eigenvalue weighted by atomic mass is 9.45. The standard InChI is InChI=1S/C30H40N2O2/c1-6-19-17-32-12-10-20(19)13-27(32)29(34-28-15-21-14-25(18(28)2)30(21,3)4)23-9-11-31-26-8-7-22(33-5)16-24(23)26/h6-9,11,16,18-21,25,27-29H,1,10,12-15,17H2,2-5H3/t18-,19+,20+,21+,25-,27-,28-,29+/m1/s1. The third-order valence-corrected chi connectivity index (χ3v) is 10.4. The van der Waals surface area contributed by atoms with Gasteiger partial charge in [-0.2, -0.15) is 0 Å². The van der Waals surface area contributed by atoms with Gasteiger partial charge in [-0.3, -0.25) is 9.88 Å². The molecule has 182 valence electrons. The smallest absolute Gasteiger partial charge is 0.119 e. The molecule has 1 aromatic heterocycles. The van der Waals surface area contributed by atoms with Crippen molar-refractivity contribution in [2.75, 3.05) is 20.2 Å². The van der Waals surface area contributed by atoms with Crippen LogP contribution < -0.4 is 4.74 Å². The molecule has 4 heteroatoms. The monoisotopic (exact) mass is 460 g/mol. The predicted molar refractivity (Wildman–Crippen MR) is 137 cm³/mol. The molecule has 4 heterocycles. The largest absolute Gasteiger partial charge is 0.497 e. The van der Waals surface area contributed by atoms with Crippen molar-refractivity contribution in [2.45, 2.75) is 64.7 Å². The van der Waals surface area contributed by atoms with Crippen LogP contribution in [0.25, 0.3) is 10.9 Å². The minimum absolute atomic E-state index is 0.0548. The molecule has 0 N–H and O–H groups in total. The Morgan fingerprint density at radius 2 is 2.06 bits per heavy atom. The first-order chi connectivity index (χ1) is 16.4. The quantitative estimate of drug-likeness (QED) is 0.476. The van der Waals surface area contributed by atoms with Gasteiger partial charge >= 0.3 is 0 Å². The van der Waals surface area contributed by atoms with Crippen molar-refractivity contribution in [1.82, 2.24) is 9.88 Å². The number of piperidine rings is 3. The lowest BCUT2D eigenvalue weighted by Crippen LogP contribution is -2.59. The molecule has 34 heavy (non-hydrogen) atoms. The summed E-state index contributed by atoms with van der Waals surface area (Å²) in [5, 5.41) is 1.17. The van der Waals surface area contributed by atoms with E-state index < -0.39 is 0 Å². The molecule has 8 rings (SSSR count). The van der Waals surface area contributed by atoms with Gasteiger partial charge in [0.1, 0.15) is 5.75 Å². The zero-order chi connectivity index (χ0) is 23.6. The zero-order valence-electron chi connectivity index (χ0n) is 21.2. The number of ether oxygens (including phenoxy) is 2. The van der Waals surface area contributed by atoms with Gasteiger partial charge in [0.25, 0.3) is 0 Å². The highest BCUT2D eigenvalue weighted by Crippen LogP contribution is 2.62. The van der Waals surface area contributed by atoms with Gasteiger partial charge in [-0.05, 0) is 97.1 Å². The number of benzene rings is 1. The van der Waals surface area contributed by atoms with Crippen LogP contribution in [0.3, 0.4) is 0 Å². The van der Waals surface area contributed by atoms with Crippen LogP contribution in [0.5, 0.6) is 5.75 Å². The molecule has 2 aromatic rings. The molecule has 1 unspecified atom stereocenters. The summed E-state index contributed by atoms with van der Waals surface area (Å²) in [6.07, 6.45) is 9.58. The van der Waals surface area contributed by atoms with Gasteiger partial charge in [0.05, 0.1) is 24.8 Å². The minimum atomic E-state index is 0.0548. The summed E-state index contributed by atoms with van der Waals surface area (Å²) in [5.74, 6) is 4.38. The molecule has 3 saturated heterocycles. The Hall–Kier alpha value is -1.91.